The van der Waals surface area contributed by atoms with Crippen LogP contribution in [0.2, 0.25) is 0 Å². The van der Waals surface area contributed by atoms with Crippen molar-refractivity contribution in [3.63, 3.8) is 0 Å². The van der Waals surface area contributed by atoms with Crippen LogP contribution in [-0.4, -0.2) is 55.6 Å². The molecule has 10 heteroatoms. The number of hydrogen-bond acceptors (Lipinski definition) is 7. The predicted molar refractivity (Wildman–Crippen MR) is 155 cm³/mol. The zero-order chi connectivity index (χ0) is 28.2. The third kappa shape index (κ3) is 4.97. The number of halogens is 2. The number of pyridine rings is 1. The SMILES string of the molecule is CC1(C)CCc2nc3c(F)cc(-c4nc(Nc5ccc(CN6CCC7(CCNCC7)CC6)cn5)ncc4F)cc3n21. The van der Waals surface area contributed by atoms with Gasteiger partial charge in [-0.25, -0.2) is 28.7 Å². The number of nitrogens with zero attached hydrogens (tertiary/aromatic N) is 6. The minimum Gasteiger partial charge on any atom is -0.322 e. The van der Waals surface area contributed by atoms with Gasteiger partial charge in [0.25, 0.3) is 0 Å². The molecule has 7 rings (SSSR count). The maximum atomic E-state index is 15.1. The van der Waals surface area contributed by atoms with E-state index in [0.29, 0.717) is 27.8 Å². The highest BCUT2D eigenvalue weighted by molar-refractivity contribution is 5.83. The number of imidazole rings is 1. The van der Waals surface area contributed by atoms with Crippen molar-refractivity contribution in [3.8, 4) is 11.3 Å². The van der Waals surface area contributed by atoms with Gasteiger partial charge in [-0.15, -0.1) is 0 Å². The highest BCUT2D eigenvalue weighted by Gasteiger charge is 2.35. The van der Waals surface area contributed by atoms with Crippen LogP contribution >= 0.6 is 0 Å². The van der Waals surface area contributed by atoms with Gasteiger partial charge in [0.2, 0.25) is 5.95 Å². The molecule has 0 atom stereocenters. The summed E-state index contributed by atoms with van der Waals surface area (Å²) in [5.41, 5.74) is 2.84. The molecular formula is C31H36F2N8. The van der Waals surface area contributed by atoms with Crippen LogP contribution in [0.4, 0.5) is 20.5 Å². The minimum absolute atomic E-state index is 0.0305. The summed E-state index contributed by atoms with van der Waals surface area (Å²) in [5.74, 6) is 0.511. The van der Waals surface area contributed by atoms with Crippen LogP contribution in [-0.2, 0) is 18.5 Å². The monoisotopic (exact) mass is 558 g/mol. The lowest BCUT2D eigenvalue weighted by Crippen LogP contribution is -2.45. The Morgan fingerprint density at radius 2 is 1.73 bits per heavy atom. The number of likely N-dealkylation sites (tertiary alicyclic amines) is 1. The van der Waals surface area contributed by atoms with E-state index in [1.165, 1.54) is 31.7 Å². The number of hydrogen-bond donors (Lipinski definition) is 2. The quantitative estimate of drug-likeness (QED) is 0.332. The molecule has 8 nitrogen and oxygen atoms in total. The van der Waals surface area contributed by atoms with Gasteiger partial charge in [0.1, 0.15) is 22.9 Å². The third-order valence-electron chi connectivity index (χ3n) is 9.42. The van der Waals surface area contributed by atoms with Crippen molar-refractivity contribution in [3.05, 3.63) is 59.7 Å². The molecule has 1 aromatic carbocycles. The van der Waals surface area contributed by atoms with Crippen molar-refractivity contribution in [1.29, 1.82) is 0 Å². The average molecular weight is 559 g/mol. The summed E-state index contributed by atoms with van der Waals surface area (Å²) in [6.07, 6.45) is 9.81. The fraction of sp³-hybridized carbons (Fsp3) is 0.484. The van der Waals surface area contributed by atoms with E-state index in [-0.39, 0.29) is 17.2 Å². The summed E-state index contributed by atoms with van der Waals surface area (Å²) in [7, 11) is 0. The maximum Gasteiger partial charge on any atom is 0.229 e. The first-order valence-electron chi connectivity index (χ1n) is 14.7. The molecule has 2 N–H and O–H groups in total. The average Bonchev–Trinajstić information content (AvgIpc) is 3.50. The Kier molecular flexibility index (Phi) is 6.50. The highest BCUT2D eigenvalue weighted by Crippen LogP contribution is 2.40. The molecule has 6 heterocycles. The fourth-order valence-corrected chi connectivity index (χ4v) is 6.93. The normalized spacial score (nSPS) is 20.0. The van der Waals surface area contributed by atoms with Crippen molar-refractivity contribution in [1.82, 2.24) is 34.7 Å². The lowest BCUT2D eigenvalue weighted by Gasteiger charge is -2.44. The summed E-state index contributed by atoms with van der Waals surface area (Å²) in [5, 5.41) is 6.57. The molecule has 1 spiro atoms. The van der Waals surface area contributed by atoms with Crippen LogP contribution in [0.25, 0.3) is 22.3 Å². The summed E-state index contributed by atoms with van der Waals surface area (Å²) in [4.78, 5) is 20.1. The van der Waals surface area contributed by atoms with Gasteiger partial charge < -0.3 is 15.2 Å². The number of aromatic nitrogens is 5. The van der Waals surface area contributed by atoms with Gasteiger partial charge in [0, 0.05) is 30.3 Å². The van der Waals surface area contributed by atoms with Crippen molar-refractivity contribution < 1.29 is 8.78 Å². The Morgan fingerprint density at radius 3 is 2.49 bits per heavy atom. The molecule has 2 fully saturated rings. The van der Waals surface area contributed by atoms with Crippen molar-refractivity contribution in [2.24, 2.45) is 5.41 Å². The molecule has 2 saturated heterocycles. The topological polar surface area (TPSA) is 83.8 Å². The first-order chi connectivity index (χ1) is 19.8. The molecule has 0 aliphatic carbocycles. The van der Waals surface area contributed by atoms with Gasteiger partial charge >= 0.3 is 0 Å². The Bertz CT molecular complexity index is 1580. The second kappa shape index (κ2) is 10.1. The second-order valence-electron chi connectivity index (χ2n) is 12.6. The maximum absolute atomic E-state index is 15.1. The van der Waals surface area contributed by atoms with Crippen molar-refractivity contribution in [2.75, 3.05) is 31.5 Å². The number of rotatable bonds is 5. The van der Waals surface area contributed by atoms with Crippen molar-refractivity contribution >= 4 is 22.8 Å². The summed E-state index contributed by atoms with van der Waals surface area (Å²) in [6, 6.07) is 7.02. The van der Waals surface area contributed by atoms with E-state index < -0.39 is 11.6 Å². The molecule has 0 amide bonds. The first-order valence-corrected chi connectivity index (χ1v) is 14.7. The summed E-state index contributed by atoms with van der Waals surface area (Å²) < 4.78 is 32.2. The van der Waals surface area contributed by atoms with E-state index >= 15 is 4.39 Å². The van der Waals surface area contributed by atoms with Gasteiger partial charge in [-0.2, -0.15) is 0 Å². The molecule has 3 aromatic heterocycles. The highest BCUT2D eigenvalue weighted by atomic mass is 19.1. The lowest BCUT2D eigenvalue weighted by molar-refractivity contribution is 0.0701. The van der Waals surface area contributed by atoms with E-state index in [9.17, 15) is 4.39 Å². The van der Waals surface area contributed by atoms with Crippen LogP contribution in [0.3, 0.4) is 0 Å². The number of piperidine rings is 2. The Morgan fingerprint density at radius 1 is 0.927 bits per heavy atom. The van der Waals surface area contributed by atoms with Crippen LogP contribution in [0, 0.1) is 17.0 Å². The van der Waals surface area contributed by atoms with Crippen LogP contribution in [0.1, 0.15) is 57.3 Å². The predicted octanol–water partition coefficient (Wildman–Crippen LogP) is 5.56. The summed E-state index contributed by atoms with van der Waals surface area (Å²) >= 11 is 0. The van der Waals surface area contributed by atoms with Gasteiger partial charge in [-0.1, -0.05) is 6.07 Å². The van der Waals surface area contributed by atoms with E-state index in [1.54, 1.807) is 6.07 Å². The lowest BCUT2D eigenvalue weighted by atomic mass is 9.71. The smallest absolute Gasteiger partial charge is 0.229 e. The van der Waals surface area contributed by atoms with Crippen LogP contribution in [0.5, 0.6) is 0 Å². The molecule has 0 saturated carbocycles. The van der Waals surface area contributed by atoms with E-state index in [2.05, 4.69) is 60.0 Å². The number of aryl methyl sites for hydroxylation is 1. The fourth-order valence-electron chi connectivity index (χ4n) is 6.93. The first kappa shape index (κ1) is 26.4. The molecule has 0 bridgehead atoms. The number of anilines is 2. The Balaban J connectivity index is 1.06. The van der Waals surface area contributed by atoms with Gasteiger partial charge in [-0.05, 0) is 101 Å². The standard InChI is InChI=1S/C31H36F2N8/c1-30(2)6-5-26-38-28-22(32)15-21(16-24(28)41(26)30)27-23(33)18-36-29(39-27)37-25-4-3-20(17-35-25)19-40-13-9-31(10-14-40)7-11-34-12-8-31/h3-4,15-18,34H,5-14,19H2,1-2H3,(H,35,36,37,39). The zero-order valence-corrected chi connectivity index (χ0v) is 23.7. The molecule has 4 aromatic rings. The van der Waals surface area contributed by atoms with Gasteiger partial charge in [0.05, 0.1) is 11.7 Å². The van der Waals surface area contributed by atoms with Crippen LogP contribution in [0.15, 0.2) is 36.7 Å². The molecule has 3 aliphatic heterocycles. The Labute approximate surface area is 238 Å². The minimum atomic E-state index is -0.620. The molecule has 3 aliphatic rings. The van der Waals surface area contributed by atoms with Gasteiger partial charge in [0.15, 0.2) is 11.6 Å². The molecule has 0 unspecified atom stereocenters. The van der Waals surface area contributed by atoms with E-state index in [1.807, 2.05) is 12.3 Å². The Hall–Kier alpha value is -3.50. The summed E-state index contributed by atoms with van der Waals surface area (Å²) in [6.45, 7) is 9.64. The number of fused-ring (bicyclic) bond motifs is 3. The van der Waals surface area contributed by atoms with Crippen molar-refractivity contribution in [2.45, 2.75) is 64.5 Å². The number of nitrogens with one attached hydrogen (secondary N) is 2. The van der Waals surface area contributed by atoms with E-state index in [0.717, 1.165) is 63.2 Å². The van der Waals surface area contributed by atoms with Gasteiger partial charge in [-0.3, -0.25) is 4.90 Å². The van der Waals surface area contributed by atoms with Crippen LogP contribution < -0.4 is 10.6 Å². The van der Waals surface area contributed by atoms with E-state index in [4.69, 9.17) is 0 Å². The molecule has 214 valence electrons. The second-order valence-corrected chi connectivity index (χ2v) is 12.6. The number of benzene rings is 1. The molecular weight excluding hydrogens is 522 g/mol. The third-order valence-corrected chi connectivity index (χ3v) is 9.42. The molecule has 41 heavy (non-hydrogen) atoms. The largest absolute Gasteiger partial charge is 0.322 e. The molecule has 0 radical (unpaired) electrons. The zero-order valence-electron chi connectivity index (χ0n) is 23.7.